The van der Waals surface area contributed by atoms with E-state index in [1.165, 1.54) is 76.9 Å². The molecule has 1 aliphatic rings. The number of aromatic nitrogens is 1. The van der Waals surface area contributed by atoms with Crippen LogP contribution in [-0.2, 0) is 0 Å². The quantitative estimate of drug-likeness (QED) is 0.157. The monoisotopic (exact) mass is 694 g/mol. The van der Waals surface area contributed by atoms with Crippen LogP contribution in [-0.4, -0.2) is 12.6 Å². The lowest BCUT2D eigenvalue weighted by atomic mass is 10.0. The normalized spacial score (nSPS) is 12.9. The molecule has 252 valence electrons. The minimum Gasteiger partial charge on any atom is -0.311 e. The molecule has 8 aromatic carbocycles. The van der Waals surface area contributed by atoms with Crippen molar-refractivity contribution in [3.8, 4) is 39.1 Å². The number of rotatable bonds is 6. The van der Waals surface area contributed by atoms with Gasteiger partial charge in [0.15, 0.2) is 0 Å². The number of fused-ring (bicyclic) bond motifs is 6. The van der Waals surface area contributed by atoms with Gasteiger partial charge in [-0.2, -0.15) is 0 Å². The molecule has 9 aromatic rings. The van der Waals surface area contributed by atoms with Gasteiger partial charge in [-0.3, -0.25) is 0 Å². The summed E-state index contributed by atoms with van der Waals surface area (Å²) >= 11 is 0. The third-order valence-electron chi connectivity index (χ3n) is 11.2. The Morgan fingerprint density at radius 3 is 1.64 bits per heavy atom. The van der Waals surface area contributed by atoms with Crippen LogP contribution in [0.15, 0.2) is 194 Å². The molecule has 0 unspecified atom stereocenters. The molecular weight excluding hydrogens is 657 g/mol. The smallest absolute Gasteiger partial charge is 0.113 e. The van der Waals surface area contributed by atoms with E-state index in [0.717, 1.165) is 11.4 Å². The Labute approximate surface area is 311 Å². The standard InChI is InChI=1S/C50H38N2Si/c1-53(2)49-20-12-10-18-44(49)45-31-30-42(34-50(45)53)51(40-26-21-36(22-27-40)35-13-5-3-6-14-35)41-28-23-37(24-29-41)38-25-32-48-46(33-38)43-17-9-11-19-47(43)52(48)39-15-7-4-8-16-39/h3-34H,1-2H3. The molecule has 0 aliphatic carbocycles. The fourth-order valence-corrected chi connectivity index (χ4v) is 11.6. The van der Waals surface area contributed by atoms with Gasteiger partial charge in [0.1, 0.15) is 8.07 Å². The molecule has 1 aliphatic heterocycles. The molecule has 0 spiro atoms. The van der Waals surface area contributed by atoms with Crippen LogP contribution in [0.2, 0.25) is 13.1 Å². The molecule has 0 fully saturated rings. The van der Waals surface area contributed by atoms with Crippen LogP contribution in [0.3, 0.4) is 0 Å². The van der Waals surface area contributed by atoms with Gasteiger partial charge in [0.25, 0.3) is 0 Å². The fourth-order valence-electron chi connectivity index (χ4n) is 8.52. The fraction of sp³-hybridized carbons (Fsp3) is 0.0400. The zero-order valence-corrected chi connectivity index (χ0v) is 30.9. The van der Waals surface area contributed by atoms with Crippen LogP contribution < -0.4 is 15.3 Å². The predicted octanol–water partition coefficient (Wildman–Crippen LogP) is 12.4. The van der Waals surface area contributed by atoms with Crippen molar-refractivity contribution in [3.05, 3.63) is 194 Å². The lowest BCUT2D eigenvalue weighted by molar-refractivity contribution is 1.18. The Kier molecular flexibility index (Phi) is 7.31. The van der Waals surface area contributed by atoms with E-state index in [9.17, 15) is 0 Å². The Hall–Kier alpha value is -6.42. The van der Waals surface area contributed by atoms with Gasteiger partial charge in [-0.25, -0.2) is 0 Å². The number of anilines is 3. The largest absolute Gasteiger partial charge is 0.311 e. The second-order valence-corrected chi connectivity index (χ2v) is 18.9. The van der Waals surface area contributed by atoms with Crippen molar-refractivity contribution >= 4 is 57.3 Å². The first kappa shape index (κ1) is 31.3. The van der Waals surface area contributed by atoms with E-state index in [2.05, 4.69) is 217 Å². The first-order valence-electron chi connectivity index (χ1n) is 18.4. The van der Waals surface area contributed by atoms with E-state index in [-0.39, 0.29) is 0 Å². The summed E-state index contributed by atoms with van der Waals surface area (Å²) in [6, 6.07) is 71.2. The number of hydrogen-bond donors (Lipinski definition) is 0. The molecule has 0 bridgehead atoms. The van der Waals surface area contributed by atoms with E-state index < -0.39 is 8.07 Å². The summed E-state index contributed by atoms with van der Waals surface area (Å²) in [6.07, 6.45) is 0. The van der Waals surface area contributed by atoms with Crippen molar-refractivity contribution < 1.29 is 0 Å². The Bertz CT molecular complexity index is 2780. The van der Waals surface area contributed by atoms with Crippen molar-refractivity contribution in [2.24, 2.45) is 0 Å². The number of nitrogens with zero attached hydrogens (tertiary/aromatic N) is 2. The van der Waals surface area contributed by atoms with Gasteiger partial charge in [-0.15, -0.1) is 0 Å². The molecule has 0 atom stereocenters. The highest BCUT2D eigenvalue weighted by Crippen LogP contribution is 2.40. The van der Waals surface area contributed by atoms with E-state index in [1.807, 2.05) is 0 Å². The van der Waals surface area contributed by atoms with Gasteiger partial charge in [-0.05, 0) is 110 Å². The third kappa shape index (κ3) is 5.15. The molecule has 0 saturated heterocycles. The highest BCUT2D eigenvalue weighted by molar-refractivity contribution is 7.03. The highest BCUT2D eigenvalue weighted by atomic mass is 28.3. The number of benzene rings is 8. The van der Waals surface area contributed by atoms with Crippen molar-refractivity contribution in [1.82, 2.24) is 4.57 Å². The maximum Gasteiger partial charge on any atom is 0.113 e. The molecule has 0 radical (unpaired) electrons. The lowest BCUT2D eigenvalue weighted by Crippen LogP contribution is -2.49. The maximum atomic E-state index is 2.49. The highest BCUT2D eigenvalue weighted by Gasteiger charge is 2.37. The van der Waals surface area contributed by atoms with Crippen molar-refractivity contribution in [1.29, 1.82) is 0 Å². The summed E-state index contributed by atoms with van der Waals surface area (Å²) in [5, 5.41) is 5.55. The maximum absolute atomic E-state index is 2.49. The van der Waals surface area contributed by atoms with Gasteiger partial charge < -0.3 is 9.47 Å². The minimum absolute atomic E-state index is 1.14. The first-order valence-corrected chi connectivity index (χ1v) is 21.4. The van der Waals surface area contributed by atoms with Crippen molar-refractivity contribution in [2.45, 2.75) is 13.1 Å². The second-order valence-electron chi connectivity index (χ2n) is 14.6. The van der Waals surface area contributed by atoms with E-state index in [4.69, 9.17) is 0 Å². The topological polar surface area (TPSA) is 8.17 Å². The number of hydrogen-bond acceptors (Lipinski definition) is 1. The van der Waals surface area contributed by atoms with Crippen molar-refractivity contribution in [2.75, 3.05) is 4.90 Å². The summed E-state index contributed by atoms with van der Waals surface area (Å²) in [5.41, 5.74) is 14.7. The third-order valence-corrected chi connectivity index (χ3v) is 14.7. The molecule has 3 heteroatoms. The van der Waals surface area contributed by atoms with Gasteiger partial charge in [0.2, 0.25) is 0 Å². The van der Waals surface area contributed by atoms with Crippen LogP contribution in [0, 0.1) is 0 Å². The van der Waals surface area contributed by atoms with Gasteiger partial charge >= 0.3 is 0 Å². The van der Waals surface area contributed by atoms with Gasteiger partial charge in [0.05, 0.1) is 11.0 Å². The summed E-state index contributed by atoms with van der Waals surface area (Å²) in [7, 11) is -1.86. The molecule has 0 N–H and O–H groups in total. The van der Waals surface area contributed by atoms with Crippen LogP contribution in [0.5, 0.6) is 0 Å². The molecule has 53 heavy (non-hydrogen) atoms. The van der Waals surface area contributed by atoms with E-state index in [1.54, 1.807) is 0 Å². The first-order chi connectivity index (χ1) is 26.0. The molecule has 0 amide bonds. The molecule has 10 rings (SSSR count). The van der Waals surface area contributed by atoms with Crippen LogP contribution in [0.25, 0.3) is 60.9 Å². The molecular formula is C50H38N2Si. The Morgan fingerprint density at radius 2 is 0.906 bits per heavy atom. The zero-order chi connectivity index (χ0) is 35.5. The molecule has 2 heterocycles. The number of para-hydroxylation sites is 2. The Balaban J connectivity index is 1.07. The van der Waals surface area contributed by atoms with Crippen LogP contribution in [0.1, 0.15) is 0 Å². The average Bonchev–Trinajstić information content (AvgIpc) is 3.67. The van der Waals surface area contributed by atoms with E-state index in [0.29, 0.717) is 0 Å². The summed E-state index contributed by atoms with van der Waals surface area (Å²) in [4.78, 5) is 2.42. The van der Waals surface area contributed by atoms with Crippen LogP contribution in [0.4, 0.5) is 17.1 Å². The van der Waals surface area contributed by atoms with Gasteiger partial charge in [0, 0.05) is 33.5 Å². The molecule has 0 saturated carbocycles. The van der Waals surface area contributed by atoms with Crippen LogP contribution >= 0.6 is 0 Å². The second kappa shape index (κ2) is 12.4. The average molecular weight is 695 g/mol. The minimum atomic E-state index is -1.86. The van der Waals surface area contributed by atoms with E-state index >= 15 is 0 Å². The lowest BCUT2D eigenvalue weighted by Gasteiger charge is -2.28. The predicted molar refractivity (Wildman–Crippen MR) is 229 cm³/mol. The zero-order valence-electron chi connectivity index (χ0n) is 29.9. The molecule has 1 aromatic heterocycles. The van der Waals surface area contributed by atoms with Gasteiger partial charge in [-0.1, -0.05) is 140 Å². The summed E-state index contributed by atoms with van der Waals surface area (Å²) in [6.45, 7) is 4.98. The SMILES string of the molecule is C[Si]1(C)c2ccccc2-c2ccc(N(c3ccc(-c4ccccc4)cc3)c3ccc(-c4ccc5c(c4)c4ccccc4n5-c4ccccc4)cc3)cc21. The summed E-state index contributed by atoms with van der Waals surface area (Å²) in [5.74, 6) is 0. The Morgan fingerprint density at radius 1 is 0.377 bits per heavy atom. The summed E-state index contributed by atoms with van der Waals surface area (Å²) < 4.78 is 2.37. The van der Waals surface area contributed by atoms with Crippen molar-refractivity contribution in [3.63, 3.8) is 0 Å². The molecule has 2 nitrogen and oxygen atoms in total.